The van der Waals surface area contributed by atoms with Crippen LogP contribution in [0.15, 0.2) is 15.9 Å². The maximum atomic E-state index is 3.50. The van der Waals surface area contributed by atoms with Crippen molar-refractivity contribution in [1.29, 1.82) is 0 Å². The summed E-state index contributed by atoms with van der Waals surface area (Å²) in [5, 5.41) is 1.42. The maximum absolute atomic E-state index is 3.50. The Balaban J connectivity index is 2.02. The van der Waals surface area contributed by atoms with Gasteiger partial charge in [0.15, 0.2) is 0 Å². The predicted molar refractivity (Wildman–Crippen MR) is 62.6 cm³/mol. The molecular weight excluding hydrogens is 246 g/mol. The van der Waals surface area contributed by atoms with Crippen molar-refractivity contribution >= 4 is 32.3 Å². The Kier molecular flexibility index (Phi) is 2.94. The van der Waals surface area contributed by atoms with E-state index >= 15 is 0 Å². The average Bonchev–Trinajstić information content (AvgIpc) is 2.53. The Morgan fingerprint density at radius 1 is 1.38 bits per heavy atom. The lowest BCUT2D eigenvalue weighted by molar-refractivity contribution is 0.440. The van der Waals surface area contributed by atoms with E-state index < -0.39 is 0 Å². The minimum atomic E-state index is 0.916. The van der Waals surface area contributed by atoms with Crippen LogP contribution in [0.4, 0.5) is 5.00 Å². The second-order valence-corrected chi connectivity index (χ2v) is 6.19. The van der Waals surface area contributed by atoms with Crippen molar-refractivity contribution in [3.05, 3.63) is 15.9 Å². The van der Waals surface area contributed by atoms with Gasteiger partial charge in [0.25, 0.3) is 0 Å². The van der Waals surface area contributed by atoms with Crippen LogP contribution in [-0.2, 0) is 0 Å². The normalized spacial score (nSPS) is 19.4. The van der Waals surface area contributed by atoms with Gasteiger partial charge >= 0.3 is 0 Å². The summed E-state index contributed by atoms with van der Waals surface area (Å²) in [4.78, 5) is 2.50. The van der Waals surface area contributed by atoms with Gasteiger partial charge in [-0.3, -0.25) is 0 Å². The Labute approximate surface area is 91.9 Å². The first kappa shape index (κ1) is 9.53. The molecule has 0 unspecified atom stereocenters. The number of hydrogen-bond donors (Lipinski definition) is 0. The molecule has 0 aromatic carbocycles. The fourth-order valence-corrected chi connectivity index (χ4v) is 3.12. The fourth-order valence-electron chi connectivity index (χ4n) is 1.70. The topological polar surface area (TPSA) is 3.24 Å². The molecule has 0 aliphatic carbocycles. The molecule has 0 saturated carbocycles. The zero-order chi connectivity index (χ0) is 9.26. The van der Waals surface area contributed by atoms with Crippen LogP contribution in [0, 0.1) is 5.92 Å². The van der Waals surface area contributed by atoms with Crippen LogP contribution in [0.1, 0.15) is 19.8 Å². The Morgan fingerprint density at radius 2 is 2.08 bits per heavy atom. The molecule has 0 amide bonds. The van der Waals surface area contributed by atoms with E-state index in [4.69, 9.17) is 0 Å². The van der Waals surface area contributed by atoms with Gasteiger partial charge in [0.1, 0.15) is 0 Å². The van der Waals surface area contributed by atoms with Gasteiger partial charge in [0.05, 0.1) is 8.79 Å². The maximum Gasteiger partial charge on any atom is 0.0920 e. The molecule has 0 radical (unpaired) electrons. The zero-order valence-electron chi connectivity index (χ0n) is 7.79. The number of rotatable bonds is 1. The molecule has 3 heteroatoms. The summed E-state index contributed by atoms with van der Waals surface area (Å²) in [5.74, 6) is 0.916. The third-order valence-corrected chi connectivity index (χ3v) is 4.34. The Bertz CT molecular complexity index is 276. The van der Waals surface area contributed by atoms with Crippen molar-refractivity contribution in [3.8, 4) is 0 Å². The van der Waals surface area contributed by atoms with E-state index in [0.717, 1.165) is 5.92 Å². The van der Waals surface area contributed by atoms with Crippen molar-refractivity contribution in [1.82, 2.24) is 0 Å². The van der Waals surface area contributed by atoms with Gasteiger partial charge < -0.3 is 4.90 Å². The minimum absolute atomic E-state index is 0.916. The van der Waals surface area contributed by atoms with Crippen molar-refractivity contribution in [2.24, 2.45) is 5.92 Å². The van der Waals surface area contributed by atoms with Crippen molar-refractivity contribution in [3.63, 3.8) is 0 Å². The zero-order valence-corrected chi connectivity index (χ0v) is 10.2. The van der Waals surface area contributed by atoms with E-state index in [9.17, 15) is 0 Å². The third kappa shape index (κ3) is 2.26. The van der Waals surface area contributed by atoms with E-state index in [1.165, 1.54) is 34.7 Å². The highest BCUT2D eigenvalue weighted by Gasteiger charge is 2.16. The number of piperidine rings is 1. The second kappa shape index (κ2) is 4.01. The molecule has 1 aliphatic rings. The molecule has 2 heterocycles. The fraction of sp³-hybridized carbons (Fsp3) is 0.600. The van der Waals surface area contributed by atoms with Gasteiger partial charge in [-0.1, -0.05) is 6.92 Å². The van der Waals surface area contributed by atoms with Crippen molar-refractivity contribution < 1.29 is 0 Å². The summed E-state index contributed by atoms with van der Waals surface area (Å²) in [6, 6.07) is 4.35. The Morgan fingerprint density at radius 3 is 2.62 bits per heavy atom. The first-order valence-electron chi connectivity index (χ1n) is 4.76. The third-order valence-electron chi connectivity index (χ3n) is 2.65. The first-order chi connectivity index (χ1) is 6.25. The summed E-state index contributed by atoms with van der Waals surface area (Å²) in [6.07, 6.45) is 2.69. The second-order valence-electron chi connectivity index (χ2n) is 3.75. The van der Waals surface area contributed by atoms with Gasteiger partial charge in [-0.2, -0.15) is 0 Å². The molecule has 0 atom stereocenters. The molecule has 0 spiro atoms. The van der Waals surface area contributed by atoms with Crippen LogP contribution in [-0.4, -0.2) is 13.1 Å². The van der Waals surface area contributed by atoms with Gasteiger partial charge in [-0.15, -0.1) is 11.3 Å². The van der Waals surface area contributed by atoms with E-state index in [1.54, 1.807) is 0 Å². The molecule has 2 rings (SSSR count). The van der Waals surface area contributed by atoms with Crippen LogP contribution in [0.3, 0.4) is 0 Å². The van der Waals surface area contributed by atoms with Crippen LogP contribution in [0.2, 0.25) is 0 Å². The summed E-state index contributed by atoms with van der Waals surface area (Å²) in [6.45, 7) is 4.81. The first-order valence-corrected chi connectivity index (χ1v) is 6.37. The molecule has 13 heavy (non-hydrogen) atoms. The van der Waals surface area contributed by atoms with Crippen molar-refractivity contribution in [2.75, 3.05) is 18.0 Å². The molecule has 1 aliphatic heterocycles. The summed E-state index contributed by atoms with van der Waals surface area (Å²) < 4.78 is 1.24. The van der Waals surface area contributed by atoms with Crippen molar-refractivity contribution in [2.45, 2.75) is 19.8 Å². The molecule has 1 aromatic heterocycles. The van der Waals surface area contributed by atoms with Gasteiger partial charge in [-0.25, -0.2) is 0 Å². The van der Waals surface area contributed by atoms with Crippen LogP contribution >= 0.6 is 27.3 Å². The SMILES string of the molecule is CC1CCN(c2ccc(Br)s2)CC1. The molecule has 1 fully saturated rings. The molecule has 1 saturated heterocycles. The average molecular weight is 260 g/mol. The monoisotopic (exact) mass is 259 g/mol. The summed E-state index contributed by atoms with van der Waals surface area (Å²) >= 11 is 5.34. The van der Waals surface area contributed by atoms with Crippen LogP contribution < -0.4 is 4.90 Å². The van der Waals surface area contributed by atoms with E-state index in [1.807, 2.05) is 11.3 Å². The number of thiophene rings is 1. The molecule has 1 nitrogen and oxygen atoms in total. The number of nitrogens with zero attached hydrogens (tertiary/aromatic N) is 1. The minimum Gasteiger partial charge on any atom is -0.363 e. The largest absolute Gasteiger partial charge is 0.363 e. The van der Waals surface area contributed by atoms with E-state index in [-0.39, 0.29) is 0 Å². The number of hydrogen-bond acceptors (Lipinski definition) is 2. The molecule has 0 bridgehead atoms. The van der Waals surface area contributed by atoms with Crippen LogP contribution in [0.5, 0.6) is 0 Å². The molecule has 0 N–H and O–H groups in total. The summed E-state index contributed by atoms with van der Waals surface area (Å²) in [7, 11) is 0. The Hall–Kier alpha value is -0.0200. The van der Waals surface area contributed by atoms with E-state index in [0.29, 0.717) is 0 Å². The number of halogens is 1. The highest BCUT2D eigenvalue weighted by Crippen LogP contribution is 2.32. The predicted octanol–water partition coefficient (Wildman–Crippen LogP) is 3.75. The van der Waals surface area contributed by atoms with Gasteiger partial charge in [0, 0.05) is 13.1 Å². The number of anilines is 1. The lowest BCUT2D eigenvalue weighted by atomic mass is 10.00. The highest BCUT2D eigenvalue weighted by atomic mass is 79.9. The van der Waals surface area contributed by atoms with Gasteiger partial charge in [-0.05, 0) is 46.8 Å². The molecule has 72 valence electrons. The smallest absolute Gasteiger partial charge is 0.0920 e. The quantitative estimate of drug-likeness (QED) is 0.743. The lowest BCUT2D eigenvalue weighted by Crippen LogP contribution is -2.31. The molecule has 1 aromatic rings. The lowest BCUT2D eigenvalue weighted by Gasteiger charge is -2.30. The van der Waals surface area contributed by atoms with Crippen LogP contribution in [0.25, 0.3) is 0 Å². The van der Waals surface area contributed by atoms with Gasteiger partial charge in [0.2, 0.25) is 0 Å². The molecular formula is C10H14BrNS. The summed E-state index contributed by atoms with van der Waals surface area (Å²) in [5.41, 5.74) is 0. The highest BCUT2D eigenvalue weighted by molar-refractivity contribution is 9.11. The standard InChI is InChI=1S/C10H14BrNS/c1-8-4-6-12(7-5-8)10-3-2-9(11)13-10/h2-3,8H,4-7H2,1H3. The van der Waals surface area contributed by atoms with E-state index in [2.05, 4.69) is 39.9 Å².